The number of ether oxygens (including phenoxy) is 1. The van der Waals surface area contributed by atoms with E-state index in [1.807, 2.05) is 35.9 Å². The highest BCUT2D eigenvalue weighted by molar-refractivity contribution is 7.99. The molecule has 0 atom stereocenters. The van der Waals surface area contributed by atoms with Crippen LogP contribution < -0.4 is 15.0 Å². The van der Waals surface area contributed by atoms with Crippen LogP contribution >= 0.6 is 11.8 Å². The van der Waals surface area contributed by atoms with E-state index in [1.165, 1.54) is 17.4 Å². The lowest BCUT2D eigenvalue weighted by Gasteiger charge is -2.21. The molecule has 0 spiro atoms. The van der Waals surface area contributed by atoms with Gasteiger partial charge in [-0.3, -0.25) is 4.79 Å². The Morgan fingerprint density at radius 2 is 1.73 bits per heavy atom. The molecule has 0 aliphatic heterocycles. The van der Waals surface area contributed by atoms with Crippen molar-refractivity contribution in [2.24, 2.45) is 7.05 Å². The molecule has 0 saturated carbocycles. The molecule has 1 aromatic heterocycles. The van der Waals surface area contributed by atoms with Gasteiger partial charge in [-0.25, -0.2) is 0 Å². The zero-order valence-corrected chi connectivity index (χ0v) is 18.6. The molecule has 3 aromatic rings. The molecule has 0 radical (unpaired) electrons. The summed E-state index contributed by atoms with van der Waals surface area (Å²) in [6.45, 7) is 6.24. The zero-order chi connectivity index (χ0) is 21.5. The van der Waals surface area contributed by atoms with E-state index in [-0.39, 0.29) is 11.7 Å². The number of nitrogens with one attached hydrogen (secondary N) is 1. The van der Waals surface area contributed by atoms with Crippen molar-refractivity contribution in [3.63, 3.8) is 0 Å². The van der Waals surface area contributed by atoms with Crippen molar-refractivity contribution in [2.45, 2.75) is 19.0 Å². The third kappa shape index (κ3) is 5.13. The molecule has 0 aliphatic rings. The molecule has 0 aliphatic carbocycles. The Hall–Kier alpha value is -3.00. The van der Waals surface area contributed by atoms with E-state index in [9.17, 15) is 4.79 Å². The second-order valence-electron chi connectivity index (χ2n) is 6.65. The number of anilines is 2. The van der Waals surface area contributed by atoms with E-state index in [2.05, 4.69) is 58.5 Å². The quantitative estimate of drug-likeness (QED) is 0.521. The molecule has 1 amide bonds. The Kier molecular flexibility index (Phi) is 7.35. The summed E-state index contributed by atoms with van der Waals surface area (Å²) < 4.78 is 7.04. The Morgan fingerprint density at radius 3 is 2.33 bits per heavy atom. The molecule has 7 nitrogen and oxygen atoms in total. The number of hydrogen-bond donors (Lipinski definition) is 1. The molecule has 2 aromatic carbocycles. The maximum atomic E-state index is 12.3. The number of amides is 1. The number of methoxy groups -OCH3 is 1. The number of carbonyl (C=O) groups is 1. The van der Waals surface area contributed by atoms with Gasteiger partial charge in [0.2, 0.25) is 5.91 Å². The molecule has 0 fully saturated rings. The van der Waals surface area contributed by atoms with E-state index >= 15 is 0 Å². The first-order valence-corrected chi connectivity index (χ1v) is 10.9. The third-order valence-electron chi connectivity index (χ3n) is 4.80. The SMILES string of the molecule is CCN(CC)c1ccc(-c2nnc(SCC(=O)Nc3ccc(OC)cc3)n2C)cc1. The monoisotopic (exact) mass is 425 g/mol. The van der Waals surface area contributed by atoms with Gasteiger partial charge in [-0.2, -0.15) is 0 Å². The Labute approximate surface area is 181 Å². The van der Waals surface area contributed by atoms with Gasteiger partial charge in [0.05, 0.1) is 12.9 Å². The van der Waals surface area contributed by atoms with E-state index in [1.54, 1.807) is 7.11 Å². The second kappa shape index (κ2) is 10.2. The molecule has 0 saturated heterocycles. The number of benzene rings is 2. The Morgan fingerprint density at radius 1 is 1.07 bits per heavy atom. The van der Waals surface area contributed by atoms with Crippen LogP contribution in [0.2, 0.25) is 0 Å². The van der Waals surface area contributed by atoms with Crippen LogP contribution in [0.1, 0.15) is 13.8 Å². The van der Waals surface area contributed by atoms with Crippen LogP contribution in [0.3, 0.4) is 0 Å². The van der Waals surface area contributed by atoms with Crippen molar-refractivity contribution >= 4 is 29.0 Å². The van der Waals surface area contributed by atoms with Gasteiger partial charge in [-0.05, 0) is 62.4 Å². The molecule has 8 heteroatoms. The van der Waals surface area contributed by atoms with Crippen LogP contribution in [-0.4, -0.2) is 46.6 Å². The summed E-state index contributed by atoms with van der Waals surface area (Å²) >= 11 is 1.36. The van der Waals surface area contributed by atoms with Crippen molar-refractivity contribution in [3.8, 4) is 17.1 Å². The highest BCUT2D eigenvalue weighted by Crippen LogP contribution is 2.25. The molecule has 1 N–H and O–H groups in total. The maximum Gasteiger partial charge on any atom is 0.234 e. The van der Waals surface area contributed by atoms with Gasteiger partial charge in [0, 0.05) is 37.1 Å². The van der Waals surface area contributed by atoms with Crippen LogP contribution in [0, 0.1) is 0 Å². The number of rotatable bonds is 9. The standard InChI is InChI=1S/C22H27N5O2S/c1-5-27(6-2)18-11-7-16(8-12-18)21-24-25-22(26(21)3)30-15-20(28)23-17-9-13-19(29-4)14-10-17/h7-14H,5-6,15H2,1-4H3,(H,23,28). The number of hydrogen-bond acceptors (Lipinski definition) is 6. The van der Waals surface area contributed by atoms with Gasteiger partial charge in [-0.15, -0.1) is 10.2 Å². The summed E-state index contributed by atoms with van der Waals surface area (Å²) in [6.07, 6.45) is 0. The average Bonchev–Trinajstić information content (AvgIpc) is 3.14. The molecular weight excluding hydrogens is 398 g/mol. The topological polar surface area (TPSA) is 72.3 Å². The third-order valence-corrected chi connectivity index (χ3v) is 5.82. The maximum absolute atomic E-state index is 12.3. The van der Waals surface area contributed by atoms with Crippen molar-refractivity contribution < 1.29 is 9.53 Å². The van der Waals surface area contributed by atoms with Crippen molar-refractivity contribution in [3.05, 3.63) is 48.5 Å². The van der Waals surface area contributed by atoms with Crippen LogP contribution in [-0.2, 0) is 11.8 Å². The molecule has 30 heavy (non-hydrogen) atoms. The summed E-state index contributed by atoms with van der Waals surface area (Å²) in [4.78, 5) is 14.6. The fourth-order valence-electron chi connectivity index (χ4n) is 3.10. The smallest absolute Gasteiger partial charge is 0.234 e. The summed E-state index contributed by atoms with van der Waals surface area (Å²) in [7, 11) is 3.52. The molecule has 158 valence electrons. The summed E-state index contributed by atoms with van der Waals surface area (Å²) in [5.74, 6) is 1.68. The highest BCUT2D eigenvalue weighted by Gasteiger charge is 2.13. The fourth-order valence-corrected chi connectivity index (χ4v) is 3.81. The lowest BCUT2D eigenvalue weighted by molar-refractivity contribution is -0.113. The van der Waals surface area contributed by atoms with Gasteiger partial charge in [0.25, 0.3) is 0 Å². The lowest BCUT2D eigenvalue weighted by Crippen LogP contribution is -2.21. The van der Waals surface area contributed by atoms with E-state index in [0.29, 0.717) is 5.16 Å². The first kappa shape index (κ1) is 21.7. The number of carbonyl (C=O) groups excluding carboxylic acids is 1. The first-order chi connectivity index (χ1) is 14.5. The normalized spacial score (nSPS) is 10.7. The molecular formula is C22H27N5O2S. The predicted octanol–water partition coefficient (Wildman–Crippen LogP) is 4.07. The van der Waals surface area contributed by atoms with Crippen LogP contribution in [0.15, 0.2) is 53.7 Å². The van der Waals surface area contributed by atoms with Gasteiger partial charge >= 0.3 is 0 Å². The van der Waals surface area contributed by atoms with Gasteiger partial charge in [0.1, 0.15) is 5.75 Å². The van der Waals surface area contributed by atoms with Crippen molar-refractivity contribution in [1.29, 1.82) is 0 Å². The summed E-state index contributed by atoms with van der Waals surface area (Å²) in [5, 5.41) is 12.1. The minimum absolute atomic E-state index is 0.0988. The molecule has 0 unspecified atom stereocenters. The second-order valence-corrected chi connectivity index (χ2v) is 7.59. The number of thioether (sulfide) groups is 1. The summed E-state index contributed by atoms with van der Waals surface area (Å²) in [5.41, 5.74) is 2.92. The van der Waals surface area contributed by atoms with E-state index < -0.39 is 0 Å². The number of aromatic nitrogens is 3. The minimum atomic E-state index is -0.0988. The highest BCUT2D eigenvalue weighted by atomic mass is 32.2. The van der Waals surface area contributed by atoms with Gasteiger partial charge < -0.3 is 19.5 Å². The predicted molar refractivity (Wildman–Crippen MR) is 122 cm³/mol. The van der Waals surface area contributed by atoms with Crippen LogP contribution in [0.4, 0.5) is 11.4 Å². The Balaban J connectivity index is 1.61. The molecule has 0 bridgehead atoms. The minimum Gasteiger partial charge on any atom is -0.497 e. The first-order valence-electron chi connectivity index (χ1n) is 9.87. The lowest BCUT2D eigenvalue weighted by atomic mass is 10.2. The largest absolute Gasteiger partial charge is 0.497 e. The fraction of sp³-hybridized carbons (Fsp3) is 0.318. The molecule has 3 rings (SSSR count). The summed E-state index contributed by atoms with van der Waals surface area (Å²) in [6, 6.07) is 15.6. The Bertz CT molecular complexity index is 966. The molecule has 1 heterocycles. The van der Waals surface area contributed by atoms with Crippen molar-refractivity contribution in [2.75, 3.05) is 36.2 Å². The van der Waals surface area contributed by atoms with E-state index in [0.717, 1.165) is 35.9 Å². The van der Waals surface area contributed by atoms with Gasteiger partial charge in [-0.1, -0.05) is 11.8 Å². The zero-order valence-electron chi connectivity index (χ0n) is 17.8. The van der Waals surface area contributed by atoms with E-state index in [4.69, 9.17) is 4.74 Å². The van der Waals surface area contributed by atoms with Crippen LogP contribution in [0.25, 0.3) is 11.4 Å². The number of nitrogens with zero attached hydrogens (tertiary/aromatic N) is 4. The van der Waals surface area contributed by atoms with Crippen LogP contribution in [0.5, 0.6) is 5.75 Å². The average molecular weight is 426 g/mol. The van der Waals surface area contributed by atoms with Crippen molar-refractivity contribution in [1.82, 2.24) is 14.8 Å². The van der Waals surface area contributed by atoms with Gasteiger partial charge in [0.15, 0.2) is 11.0 Å².